The number of hydrogen-bond donors (Lipinski definition) is 1. The Morgan fingerprint density at radius 3 is 2.70 bits per heavy atom. The summed E-state index contributed by atoms with van der Waals surface area (Å²) in [5, 5.41) is 9.58. The van der Waals surface area contributed by atoms with Crippen LogP contribution in [0.1, 0.15) is 26.2 Å². The smallest absolute Gasteiger partial charge is 0.313 e. The van der Waals surface area contributed by atoms with Crippen LogP contribution in [0.3, 0.4) is 0 Å². The van der Waals surface area contributed by atoms with Crippen molar-refractivity contribution >= 4 is 11.7 Å². The van der Waals surface area contributed by atoms with Crippen LogP contribution in [0.5, 0.6) is 0 Å². The molecule has 1 aromatic rings. The van der Waals surface area contributed by atoms with E-state index in [0.29, 0.717) is 26.2 Å². The number of nitrogens with zero attached hydrogens (tertiary/aromatic N) is 1. The van der Waals surface area contributed by atoms with Crippen molar-refractivity contribution in [1.82, 2.24) is 0 Å². The highest BCUT2D eigenvalue weighted by Gasteiger charge is 2.43. The van der Waals surface area contributed by atoms with E-state index in [9.17, 15) is 9.90 Å². The molecule has 1 aromatic carbocycles. The molecular weight excluding hydrogens is 254 g/mol. The first-order valence-electron chi connectivity index (χ1n) is 7.29. The second kappa shape index (κ2) is 6.75. The minimum absolute atomic E-state index is 0.317. The van der Waals surface area contributed by atoms with Crippen LogP contribution >= 0.6 is 0 Å². The highest BCUT2D eigenvalue weighted by Crippen LogP contribution is 2.32. The molecule has 0 radical (unpaired) electrons. The quantitative estimate of drug-likeness (QED) is 0.832. The van der Waals surface area contributed by atoms with E-state index in [4.69, 9.17) is 4.74 Å². The Labute approximate surface area is 120 Å². The van der Waals surface area contributed by atoms with Crippen LogP contribution in [0, 0.1) is 5.41 Å². The molecule has 1 fully saturated rings. The number of ether oxygens (including phenoxy) is 1. The van der Waals surface area contributed by atoms with E-state index in [1.165, 1.54) is 0 Å². The summed E-state index contributed by atoms with van der Waals surface area (Å²) in [6.45, 7) is 4.41. The Bertz CT molecular complexity index is 427. The number of para-hydroxylation sites is 1. The number of rotatable bonds is 7. The summed E-state index contributed by atoms with van der Waals surface area (Å²) in [6, 6.07) is 10.1. The molecule has 1 aliphatic heterocycles. The molecule has 4 nitrogen and oxygen atoms in total. The molecule has 110 valence electrons. The fraction of sp³-hybridized carbons (Fsp3) is 0.562. The van der Waals surface area contributed by atoms with E-state index < -0.39 is 11.4 Å². The van der Waals surface area contributed by atoms with Gasteiger partial charge < -0.3 is 14.7 Å². The molecule has 4 heteroatoms. The summed E-state index contributed by atoms with van der Waals surface area (Å²) >= 11 is 0. The van der Waals surface area contributed by atoms with Crippen LogP contribution in [0.2, 0.25) is 0 Å². The highest BCUT2D eigenvalue weighted by molar-refractivity contribution is 5.76. The predicted molar refractivity (Wildman–Crippen MR) is 79.1 cm³/mol. The van der Waals surface area contributed by atoms with Gasteiger partial charge in [0, 0.05) is 25.4 Å². The lowest BCUT2D eigenvalue weighted by Gasteiger charge is -2.32. The van der Waals surface area contributed by atoms with Gasteiger partial charge in [-0.1, -0.05) is 31.5 Å². The minimum atomic E-state index is -0.760. The number of aliphatic carboxylic acids is 1. The Kier molecular flexibility index (Phi) is 5.01. The molecule has 0 bridgehead atoms. The maximum atomic E-state index is 11.7. The van der Waals surface area contributed by atoms with Gasteiger partial charge in [0.15, 0.2) is 0 Å². The van der Waals surface area contributed by atoms with Crippen molar-refractivity contribution in [2.45, 2.75) is 26.2 Å². The summed E-state index contributed by atoms with van der Waals surface area (Å²) in [4.78, 5) is 13.8. The van der Waals surface area contributed by atoms with Gasteiger partial charge in [0.2, 0.25) is 0 Å². The van der Waals surface area contributed by atoms with Gasteiger partial charge >= 0.3 is 5.97 Å². The normalized spacial score (nSPS) is 21.9. The fourth-order valence-electron chi connectivity index (χ4n) is 2.62. The largest absolute Gasteiger partial charge is 0.481 e. The molecule has 20 heavy (non-hydrogen) atoms. The van der Waals surface area contributed by atoms with Crippen LogP contribution in [0.4, 0.5) is 5.69 Å². The zero-order valence-electron chi connectivity index (χ0n) is 12.0. The van der Waals surface area contributed by atoms with E-state index in [0.717, 1.165) is 25.1 Å². The van der Waals surface area contributed by atoms with Crippen molar-refractivity contribution in [2.24, 2.45) is 5.41 Å². The number of carboxylic acids is 1. The number of unbranched alkanes of at least 4 members (excludes halogenated alkanes) is 1. The van der Waals surface area contributed by atoms with E-state index in [-0.39, 0.29) is 0 Å². The summed E-state index contributed by atoms with van der Waals surface area (Å²) in [6.07, 6.45) is 2.75. The van der Waals surface area contributed by atoms with Gasteiger partial charge in [-0.2, -0.15) is 0 Å². The third kappa shape index (κ3) is 3.31. The summed E-state index contributed by atoms with van der Waals surface area (Å²) in [5.74, 6) is -0.743. The van der Waals surface area contributed by atoms with Crippen LogP contribution in [-0.4, -0.2) is 37.4 Å². The number of hydrogen-bond acceptors (Lipinski definition) is 3. The predicted octanol–water partition coefficient (Wildman–Crippen LogP) is 2.78. The molecule has 2 rings (SSSR count). The van der Waals surface area contributed by atoms with E-state index in [1.54, 1.807) is 0 Å². The Morgan fingerprint density at radius 2 is 2.15 bits per heavy atom. The molecule has 0 saturated carbocycles. The SMILES string of the molecule is CCCCN(CC1(C(=O)O)CCOC1)c1ccccc1. The lowest BCUT2D eigenvalue weighted by atomic mass is 9.86. The Balaban J connectivity index is 2.16. The first kappa shape index (κ1) is 14.9. The van der Waals surface area contributed by atoms with Gasteiger partial charge in [-0.05, 0) is 25.0 Å². The zero-order valence-corrected chi connectivity index (χ0v) is 12.0. The first-order chi connectivity index (χ1) is 9.68. The molecule has 1 aliphatic rings. The molecule has 1 atom stereocenters. The second-order valence-electron chi connectivity index (χ2n) is 5.50. The van der Waals surface area contributed by atoms with Gasteiger partial charge in [-0.3, -0.25) is 4.79 Å². The van der Waals surface area contributed by atoms with Gasteiger partial charge in [-0.25, -0.2) is 0 Å². The molecule has 1 unspecified atom stereocenters. The van der Waals surface area contributed by atoms with Gasteiger partial charge in [0.25, 0.3) is 0 Å². The highest BCUT2D eigenvalue weighted by atomic mass is 16.5. The second-order valence-corrected chi connectivity index (χ2v) is 5.50. The van der Waals surface area contributed by atoms with E-state index in [2.05, 4.69) is 11.8 Å². The number of carbonyl (C=O) groups is 1. The van der Waals surface area contributed by atoms with Gasteiger partial charge in [0.05, 0.1) is 6.61 Å². The minimum Gasteiger partial charge on any atom is -0.481 e. The van der Waals surface area contributed by atoms with Crippen molar-refractivity contribution < 1.29 is 14.6 Å². The lowest BCUT2D eigenvalue weighted by molar-refractivity contribution is -0.148. The number of anilines is 1. The molecule has 0 aliphatic carbocycles. The summed E-state index contributed by atoms with van der Waals surface area (Å²) in [5.41, 5.74) is 0.331. The number of benzene rings is 1. The van der Waals surface area contributed by atoms with Gasteiger partial charge in [0.1, 0.15) is 5.41 Å². The summed E-state index contributed by atoms with van der Waals surface area (Å²) in [7, 11) is 0. The van der Waals surface area contributed by atoms with Crippen LogP contribution in [-0.2, 0) is 9.53 Å². The zero-order chi connectivity index (χ0) is 14.4. The number of carboxylic acid groups (broad SMARTS) is 1. The molecule has 0 spiro atoms. The lowest BCUT2D eigenvalue weighted by Crippen LogP contribution is -2.44. The average Bonchev–Trinajstić information content (AvgIpc) is 2.94. The average molecular weight is 277 g/mol. The maximum absolute atomic E-state index is 11.7. The Morgan fingerprint density at radius 1 is 1.40 bits per heavy atom. The van der Waals surface area contributed by atoms with E-state index in [1.807, 2.05) is 30.3 Å². The van der Waals surface area contributed by atoms with Crippen molar-refractivity contribution in [3.63, 3.8) is 0 Å². The van der Waals surface area contributed by atoms with Crippen molar-refractivity contribution in [2.75, 3.05) is 31.2 Å². The molecule has 1 heterocycles. The molecule has 0 aromatic heterocycles. The van der Waals surface area contributed by atoms with Crippen molar-refractivity contribution in [1.29, 1.82) is 0 Å². The topological polar surface area (TPSA) is 49.8 Å². The molecule has 1 N–H and O–H groups in total. The van der Waals surface area contributed by atoms with E-state index >= 15 is 0 Å². The third-order valence-corrected chi connectivity index (χ3v) is 3.95. The maximum Gasteiger partial charge on any atom is 0.313 e. The third-order valence-electron chi connectivity index (χ3n) is 3.95. The van der Waals surface area contributed by atoms with Crippen LogP contribution < -0.4 is 4.90 Å². The molecular formula is C16H23NO3. The Hall–Kier alpha value is -1.55. The molecule has 1 saturated heterocycles. The first-order valence-corrected chi connectivity index (χ1v) is 7.29. The fourth-order valence-corrected chi connectivity index (χ4v) is 2.62. The van der Waals surface area contributed by atoms with Crippen molar-refractivity contribution in [3.8, 4) is 0 Å². The standard InChI is InChI=1S/C16H23NO3/c1-2-3-10-17(14-7-5-4-6-8-14)12-16(15(18)19)9-11-20-13-16/h4-8H,2-3,9-13H2,1H3,(H,18,19). The van der Waals surface area contributed by atoms with Gasteiger partial charge in [-0.15, -0.1) is 0 Å². The monoisotopic (exact) mass is 277 g/mol. The molecule has 0 amide bonds. The van der Waals surface area contributed by atoms with Crippen LogP contribution in [0.25, 0.3) is 0 Å². The van der Waals surface area contributed by atoms with Crippen molar-refractivity contribution in [3.05, 3.63) is 30.3 Å². The summed E-state index contributed by atoms with van der Waals surface area (Å²) < 4.78 is 5.36. The van der Waals surface area contributed by atoms with Crippen LogP contribution in [0.15, 0.2) is 30.3 Å².